The molecule has 0 bridgehead atoms. The van der Waals surface area contributed by atoms with Gasteiger partial charge >= 0.3 is 0 Å². The fraction of sp³-hybridized carbons (Fsp3) is 0.333. The van der Waals surface area contributed by atoms with Crippen LogP contribution in [0.15, 0.2) is 36.8 Å². The Morgan fingerprint density at radius 1 is 1.21 bits per heavy atom. The van der Waals surface area contributed by atoms with Crippen molar-refractivity contribution in [3.8, 4) is 22.5 Å². The van der Waals surface area contributed by atoms with Gasteiger partial charge in [-0.05, 0) is 37.6 Å². The predicted molar refractivity (Wildman–Crippen MR) is 112 cm³/mol. The van der Waals surface area contributed by atoms with Crippen molar-refractivity contribution in [2.75, 3.05) is 24.7 Å². The van der Waals surface area contributed by atoms with Gasteiger partial charge in [-0.15, -0.1) is 0 Å². The number of fused-ring (bicyclic) bond motifs is 1. The zero-order chi connectivity index (χ0) is 20.0. The molecule has 4 aromatic rings. The SMILES string of the molecule is Cc1c(-c2cc(N3CCOCC3C)nc3c(-c4ccn[nH]4)nccc23)cnn1C. The zero-order valence-corrected chi connectivity index (χ0v) is 16.8. The number of aromatic nitrogens is 6. The third-order valence-electron chi connectivity index (χ3n) is 5.66. The summed E-state index contributed by atoms with van der Waals surface area (Å²) >= 11 is 0. The fourth-order valence-corrected chi connectivity index (χ4v) is 3.92. The second-order valence-corrected chi connectivity index (χ2v) is 7.44. The summed E-state index contributed by atoms with van der Waals surface area (Å²) < 4.78 is 7.53. The summed E-state index contributed by atoms with van der Waals surface area (Å²) in [5.41, 5.74) is 5.82. The molecule has 148 valence electrons. The number of aromatic amines is 1. The summed E-state index contributed by atoms with van der Waals surface area (Å²) in [6.45, 7) is 6.46. The molecular weight excluding hydrogens is 366 g/mol. The van der Waals surface area contributed by atoms with Crippen LogP contribution in [0, 0.1) is 6.92 Å². The highest BCUT2D eigenvalue weighted by Crippen LogP contribution is 2.36. The second kappa shape index (κ2) is 6.97. The van der Waals surface area contributed by atoms with Crippen molar-refractivity contribution < 1.29 is 4.74 Å². The maximum atomic E-state index is 5.63. The Hall–Kier alpha value is -3.26. The Balaban J connectivity index is 1.80. The van der Waals surface area contributed by atoms with E-state index >= 15 is 0 Å². The number of H-pyrrole nitrogens is 1. The van der Waals surface area contributed by atoms with Gasteiger partial charge in [0.15, 0.2) is 0 Å². The van der Waals surface area contributed by atoms with Crippen LogP contribution in [0.25, 0.3) is 33.4 Å². The van der Waals surface area contributed by atoms with Crippen LogP contribution in [0.5, 0.6) is 0 Å². The number of hydrogen-bond donors (Lipinski definition) is 1. The van der Waals surface area contributed by atoms with Gasteiger partial charge in [-0.3, -0.25) is 14.8 Å². The predicted octanol–water partition coefficient (Wildman–Crippen LogP) is 2.95. The third-order valence-corrected chi connectivity index (χ3v) is 5.66. The lowest BCUT2D eigenvalue weighted by Crippen LogP contribution is -2.44. The third kappa shape index (κ3) is 2.96. The molecule has 1 atom stereocenters. The van der Waals surface area contributed by atoms with Crippen molar-refractivity contribution in [2.45, 2.75) is 19.9 Å². The number of rotatable bonds is 3. The maximum Gasteiger partial charge on any atom is 0.130 e. The molecule has 1 saturated heterocycles. The number of nitrogens with one attached hydrogen (secondary N) is 1. The van der Waals surface area contributed by atoms with E-state index in [-0.39, 0.29) is 6.04 Å². The van der Waals surface area contributed by atoms with Gasteiger partial charge in [0.25, 0.3) is 0 Å². The average Bonchev–Trinajstić information content (AvgIpc) is 3.38. The van der Waals surface area contributed by atoms with Gasteiger partial charge in [0.1, 0.15) is 17.0 Å². The number of hydrogen-bond acceptors (Lipinski definition) is 6. The molecule has 5 rings (SSSR count). The number of aryl methyl sites for hydroxylation is 1. The van der Waals surface area contributed by atoms with Crippen molar-refractivity contribution in [1.29, 1.82) is 0 Å². The molecule has 5 heterocycles. The molecule has 1 N–H and O–H groups in total. The molecule has 0 spiro atoms. The summed E-state index contributed by atoms with van der Waals surface area (Å²) in [7, 11) is 1.96. The number of nitrogens with zero attached hydrogens (tertiary/aromatic N) is 6. The van der Waals surface area contributed by atoms with E-state index in [1.54, 1.807) is 6.20 Å². The van der Waals surface area contributed by atoms with Crippen LogP contribution in [-0.2, 0) is 11.8 Å². The zero-order valence-electron chi connectivity index (χ0n) is 16.8. The molecule has 8 heteroatoms. The van der Waals surface area contributed by atoms with Gasteiger partial charge in [0.05, 0.1) is 31.1 Å². The first kappa shape index (κ1) is 17.8. The lowest BCUT2D eigenvalue weighted by atomic mass is 10.0. The lowest BCUT2D eigenvalue weighted by molar-refractivity contribution is 0.0986. The Morgan fingerprint density at radius 2 is 2.10 bits per heavy atom. The van der Waals surface area contributed by atoms with Gasteiger partial charge < -0.3 is 9.64 Å². The molecule has 8 nitrogen and oxygen atoms in total. The molecule has 1 unspecified atom stereocenters. The summed E-state index contributed by atoms with van der Waals surface area (Å²) in [5, 5.41) is 12.6. The monoisotopic (exact) mass is 389 g/mol. The molecule has 29 heavy (non-hydrogen) atoms. The molecule has 1 aliphatic rings. The first-order valence-electron chi connectivity index (χ1n) is 9.76. The molecule has 0 aromatic carbocycles. The van der Waals surface area contributed by atoms with E-state index in [0.717, 1.165) is 51.5 Å². The van der Waals surface area contributed by atoms with Crippen LogP contribution < -0.4 is 4.90 Å². The molecule has 0 radical (unpaired) electrons. The van der Waals surface area contributed by atoms with E-state index in [9.17, 15) is 0 Å². The van der Waals surface area contributed by atoms with Crippen LogP contribution in [0.3, 0.4) is 0 Å². The Bertz CT molecular complexity index is 1170. The van der Waals surface area contributed by atoms with E-state index in [0.29, 0.717) is 13.2 Å². The lowest BCUT2D eigenvalue weighted by Gasteiger charge is -2.34. The van der Waals surface area contributed by atoms with Crippen LogP contribution in [0.1, 0.15) is 12.6 Å². The molecule has 0 amide bonds. The van der Waals surface area contributed by atoms with Crippen LogP contribution in [-0.4, -0.2) is 55.7 Å². The highest BCUT2D eigenvalue weighted by molar-refractivity contribution is 6.01. The molecule has 1 fully saturated rings. The topological polar surface area (TPSA) is 84.8 Å². The Labute approximate surface area is 168 Å². The fourth-order valence-electron chi connectivity index (χ4n) is 3.92. The number of anilines is 1. The largest absolute Gasteiger partial charge is 0.377 e. The van der Waals surface area contributed by atoms with Crippen LogP contribution in [0.2, 0.25) is 0 Å². The van der Waals surface area contributed by atoms with Crippen molar-refractivity contribution in [2.24, 2.45) is 7.05 Å². The summed E-state index contributed by atoms with van der Waals surface area (Å²) in [6.07, 6.45) is 5.48. The molecule has 1 aliphatic heterocycles. The minimum atomic E-state index is 0.254. The standard InChI is InChI=1S/C21H23N7O/c1-13-12-29-9-8-28(13)19-10-16(17-11-24-27(3)14(17)2)15-4-6-22-21(20(15)25-19)18-5-7-23-26-18/h4-7,10-11,13H,8-9,12H2,1-3H3,(H,23,26). The van der Waals surface area contributed by atoms with Gasteiger partial charge in [0, 0.05) is 42.6 Å². The van der Waals surface area contributed by atoms with Crippen LogP contribution in [0.4, 0.5) is 5.82 Å². The molecule has 0 aliphatic carbocycles. The Morgan fingerprint density at radius 3 is 2.83 bits per heavy atom. The average molecular weight is 389 g/mol. The van der Waals surface area contributed by atoms with E-state index in [2.05, 4.69) is 45.1 Å². The maximum absolute atomic E-state index is 5.63. The van der Waals surface area contributed by atoms with Crippen molar-refractivity contribution >= 4 is 16.7 Å². The Kier molecular flexibility index (Phi) is 4.28. The van der Waals surface area contributed by atoms with E-state index in [1.165, 1.54) is 0 Å². The van der Waals surface area contributed by atoms with Crippen LogP contribution >= 0.6 is 0 Å². The quantitative estimate of drug-likeness (QED) is 0.580. The van der Waals surface area contributed by atoms with Crippen molar-refractivity contribution in [3.63, 3.8) is 0 Å². The number of morpholine rings is 1. The first-order chi connectivity index (χ1) is 14.1. The first-order valence-corrected chi connectivity index (χ1v) is 9.76. The summed E-state index contributed by atoms with van der Waals surface area (Å²) in [4.78, 5) is 12.0. The molecule has 4 aromatic heterocycles. The second-order valence-electron chi connectivity index (χ2n) is 7.44. The normalized spacial score (nSPS) is 17.2. The van der Waals surface area contributed by atoms with Crippen molar-refractivity contribution in [1.82, 2.24) is 29.9 Å². The highest BCUT2D eigenvalue weighted by Gasteiger charge is 2.23. The molecular formula is C21H23N7O. The van der Waals surface area contributed by atoms with E-state index < -0.39 is 0 Å². The minimum absolute atomic E-state index is 0.254. The van der Waals surface area contributed by atoms with E-state index in [1.807, 2.05) is 36.3 Å². The number of ether oxygens (including phenoxy) is 1. The van der Waals surface area contributed by atoms with Crippen molar-refractivity contribution in [3.05, 3.63) is 42.5 Å². The molecule has 0 saturated carbocycles. The summed E-state index contributed by atoms with van der Waals surface area (Å²) in [5.74, 6) is 0.931. The smallest absolute Gasteiger partial charge is 0.130 e. The minimum Gasteiger partial charge on any atom is -0.377 e. The van der Waals surface area contributed by atoms with Gasteiger partial charge in [-0.2, -0.15) is 10.2 Å². The summed E-state index contributed by atoms with van der Waals surface area (Å²) in [6, 6.07) is 6.37. The van der Waals surface area contributed by atoms with E-state index in [4.69, 9.17) is 9.72 Å². The number of pyridine rings is 2. The van der Waals surface area contributed by atoms with Gasteiger partial charge in [0.2, 0.25) is 0 Å². The highest BCUT2D eigenvalue weighted by atomic mass is 16.5. The van der Waals surface area contributed by atoms with Gasteiger partial charge in [-0.1, -0.05) is 0 Å². The van der Waals surface area contributed by atoms with Gasteiger partial charge in [-0.25, -0.2) is 4.98 Å².